The lowest BCUT2D eigenvalue weighted by Crippen LogP contribution is -2.14. The maximum Gasteiger partial charge on any atom is 0.0159 e. The fraction of sp³-hybridized carbons (Fsp3) is 0.0698. The van der Waals surface area contributed by atoms with Crippen LogP contribution in [0.25, 0.3) is 76.8 Å². The van der Waals surface area contributed by atoms with E-state index in [1.165, 1.54) is 88.0 Å². The average molecular weight is 547 g/mol. The first-order valence-electron chi connectivity index (χ1n) is 15.2. The van der Waals surface area contributed by atoms with Crippen LogP contribution in [0.4, 0.5) is 0 Å². The molecule has 0 nitrogen and oxygen atoms in total. The number of hydrogen-bond acceptors (Lipinski definition) is 0. The van der Waals surface area contributed by atoms with Gasteiger partial charge in [0.15, 0.2) is 0 Å². The molecule has 0 heterocycles. The van der Waals surface area contributed by atoms with Crippen LogP contribution in [0.1, 0.15) is 25.0 Å². The Hall–Kier alpha value is -5.20. The van der Waals surface area contributed by atoms with E-state index in [9.17, 15) is 0 Å². The number of rotatable bonds is 3. The van der Waals surface area contributed by atoms with Gasteiger partial charge in [0.25, 0.3) is 0 Å². The van der Waals surface area contributed by atoms with E-state index in [0.717, 1.165) is 0 Å². The van der Waals surface area contributed by atoms with Gasteiger partial charge in [-0.05, 0) is 94.0 Å². The molecule has 0 bridgehead atoms. The third-order valence-corrected chi connectivity index (χ3v) is 9.86. The minimum absolute atomic E-state index is 0.0122. The molecule has 0 aromatic heterocycles. The molecule has 0 amide bonds. The molecule has 0 heteroatoms. The van der Waals surface area contributed by atoms with Crippen molar-refractivity contribution in [3.05, 3.63) is 157 Å². The third-order valence-electron chi connectivity index (χ3n) is 9.86. The first-order chi connectivity index (χ1) is 21.1. The molecule has 0 spiro atoms. The van der Waals surface area contributed by atoms with Gasteiger partial charge in [-0.25, -0.2) is 0 Å². The number of benzene rings is 8. The molecule has 0 saturated carbocycles. The van der Waals surface area contributed by atoms with Crippen LogP contribution in [0, 0.1) is 0 Å². The van der Waals surface area contributed by atoms with Crippen molar-refractivity contribution in [2.45, 2.75) is 19.3 Å². The van der Waals surface area contributed by atoms with Crippen molar-refractivity contribution in [2.75, 3.05) is 0 Å². The Morgan fingerprint density at radius 3 is 1.58 bits per heavy atom. The normalized spacial score (nSPS) is 13.5. The second kappa shape index (κ2) is 8.90. The van der Waals surface area contributed by atoms with Crippen molar-refractivity contribution in [1.29, 1.82) is 0 Å². The lowest BCUT2D eigenvalue weighted by molar-refractivity contribution is 0.660. The van der Waals surface area contributed by atoms with Crippen LogP contribution < -0.4 is 0 Å². The molecule has 1 aliphatic rings. The summed E-state index contributed by atoms with van der Waals surface area (Å²) in [6, 6.07) is 54.1. The van der Waals surface area contributed by atoms with Crippen molar-refractivity contribution >= 4 is 32.3 Å². The van der Waals surface area contributed by atoms with Crippen LogP contribution in [0.5, 0.6) is 0 Å². The summed E-state index contributed by atoms with van der Waals surface area (Å²) < 4.78 is 0. The first-order valence-corrected chi connectivity index (χ1v) is 15.2. The Labute approximate surface area is 252 Å². The molecule has 0 unspecified atom stereocenters. The van der Waals surface area contributed by atoms with Crippen LogP contribution in [-0.4, -0.2) is 0 Å². The predicted octanol–water partition coefficient (Wildman–Crippen LogP) is 11.9. The first kappa shape index (κ1) is 24.4. The van der Waals surface area contributed by atoms with E-state index in [1.807, 2.05) is 0 Å². The summed E-state index contributed by atoms with van der Waals surface area (Å²) in [5.74, 6) is 0. The van der Waals surface area contributed by atoms with E-state index in [-0.39, 0.29) is 5.41 Å². The quantitative estimate of drug-likeness (QED) is 0.193. The summed E-state index contributed by atoms with van der Waals surface area (Å²) in [5, 5.41) is 7.97. The van der Waals surface area contributed by atoms with E-state index < -0.39 is 0 Å². The van der Waals surface area contributed by atoms with Crippen LogP contribution in [-0.2, 0) is 5.41 Å². The van der Waals surface area contributed by atoms with Gasteiger partial charge in [-0.1, -0.05) is 153 Å². The van der Waals surface area contributed by atoms with Gasteiger partial charge in [0, 0.05) is 5.41 Å². The highest BCUT2D eigenvalue weighted by Crippen LogP contribution is 2.49. The Bertz CT molecular complexity index is 2320. The van der Waals surface area contributed by atoms with E-state index in [1.54, 1.807) is 0 Å². The third kappa shape index (κ3) is 3.57. The molecule has 0 radical (unpaired) electrons. The summed E-state index contributed by atoms with van der Waals surface area (Å²) >= 11 is 0. The van der Waals surface area contributed by atoms with E-state index in [2.05, 4.69) is 159 Å². The maximum atomic E-state index is 2.40. The van der Waals surface area contributed by atoms with Gasteiger partial charge in [-0.3, -0.25) is 0 Å². The van der Waals surface area contributed by atoms with E-state index in [0.29, 0.717) is 0 Å². The van der Waals surface area contributed by atoms with Gasteiger partial charge in [0.1, 0.15) is 0 Å². The zero-order valence-corrected chi connectivity index (χ0v) is 24.4. The van der Waals surface area contributed by atoms with Gasteiger partial charge in [0.05, 0.1) is 0 Å². The summed E-state index contributed by atoms with van der Waals surface area (Å²) in [5.41, 5.74) is 13.1. The van der Waals surface area contributed by atoms with Gasteiger partial charge < -0.3 is 0 Å². The van der Waals surface area contributed by atoms with Crippen molar-refractivity contribution < 1.29 is 0 Å². The molecule has 202 valence electrons. The monoisotopic (exact) mass is 546 g/mol. The van der Waals surface area contributed by atoms with Gasteiger partial charge in [-0.2, -0.15) is 0 Å². The lowest BCUT2D eigenvalue weighted by Gasteiger charge is -2.22. The standard InChI is InChI=1S/C43H30/c1-43(2)39-9-4-3-8-36(39)37-24-22-34(26-40(37)43)29-12-10-27(11-13-29)28-14-16-30(17-15-28)35-23-20-33-19-18-31-6-5-7-32-21-25-38(35)42(33)41(31)32/h3-26H,1-2H3. The minimum atomic E-state index is 0.0122. The van der Waals surface area contributed by atoms with Crippen molar-refractivity contribution in [2.24, 2.45) is 0 Å². The second-order valence-corrected chi connectivity index (χ2v) is 12.6. The van der Waals surface area contributed by atoms with Gasteiger partial charge in [0.2, 0.25) is 0 Å². The van der Waals surface area contributed by atoms with E-state index >= 15 is 0 Å². The molecule has 0 atom stereocenters. The molecule has 1 aliphatic carbocycles. The molecule has 0 saturated heterocycles. The zero-order valence-electron chi connectivity index (χ0n) is 24.4. The van der Waals surface area contributed by atoms with Gasteiger partial charge >= 0.3 is 0 Å². The maximum absolute atomic E-state index is 2.40. The Morgan fingerprint density at radius 2 is 0.860 bits per heavy atom. The highest BCUT2D eigenvalue weighted by atomic mass is 14.4. The fourth-order valence-electron chi connectivity index (χ4n) is 7.57. The molecule has 9 rings (SSSR count). The average Bonchev–Trinajstić information content (AvgIpc) is 3.29. The molecule has 0 fully saturated rings. The Balaban J connectivity index is 1.04. The molecular formula is C43H30. The fourth-order valence-corrected chi connectivity index (χ4v) is 7.57. The number of fused-ring (bicyclic) bond motifs is 3. The van der Waals surface area contributed by atoms with Crippen LogP contribution >= 0.6 is 0 Å². The Morgan fingerprint density at radius 1 is 0.349 bits per heavy atom. The highest BCUT2D eigenvalue weighted by molar-refractivity contribution is 6.25. The van der Waals surface area contributed by atoms with Crippen LogP contribution in [0.3, 0.4) is 0 Å². The number of hydrogen-bond donors (Lipinski definition) is 0. The van der Waals surface area contributed by atoms with Crippen LogP contribution in [0.2, 0.25) is 0 Å². The second-order valence-electron chi connectivity index (χ2n) is 12.6. The largest absolute Gasteiger partial charge is 0.0619 e. The molecule has 0 aliphatic heterocycles. The van der Waals surface area contributed by atoms with Crippen molar-refractivity contribution in [1.82, 2.24) is 0 Å². The molecule has 43 heavy (non-hydrogen) atoms. The molecular weight excluding hydrogens is 516 g/mol. The SMILES string of the molecule is CC1(C)c2ccccc2-c2ccc(-c3ccc(-c4ccc(-c5ccc6ccc7cccc8ccc5c6c78)cc4)cc3)cc21. The summed E-state index contributed by atoms with van der Waals surface area (Å²) in [7, 11) is 0. The summed E-state index contributed by atoms with van der Waals surface area (Å²) in [4.78, 5) is 0. The zero-order chi connectivity index (χ0) is 28.7. The van der Waals surface area contributed by atoms with Gasteiger partial charge in [-0.15, -0.1) is 0 Å². The lowest BCUT2D eigenvalue weighted by atomic mass is 9.81. The summed E-state index contributed by atoms with van der Waals surface area (Å²) in [6.07, 6.45) is 0. The van der Waals surface area contributed by atoms with Crippen molar-refractivity contribution in [3.63, 3.8) is 0 Å². The van der Waals surface area contributed by atoms with E-state index in [4.69, 9.17) is 0 Å². The molecule has 0 N–H and O–H groups in total. The molecule has 8 aromatic rings. The van der Waals surface area contributed by atoms with Crippen molar-refractivity contribution in [3.8, 4) is 44.5 Å². The molecule has 8 aromatic carbocycles. The predicted molar refractivity (Wildman–Crippen MR) is 184 cm³/mol. The smallest absolute Gasteiger partial charge is 0.0159 e. The minimum Gasteiger partial charge on any atom is -0.0619 e. The Kier molecular flexibility index (Phi) is 5.05. The summed E-state index contributed by atoms with van der Waals surface area (Å²) in [6.45, 7) is 4.69. The van der Waals surface area contributed by atoms with Crippen LogP contribution in [0.15, 0.2) is 146 Å². The highest BCUT2D eigenvalue weighted by Gasteiger charge is 2.35. The topological polar surface area (TPSA) is 0 Å².